The minimum atomic E-state index is 0.116. The third-order valence-corrected chi connectivity index (χ3v) is 3.41. The van der Waals surface area contributed by atoms with Gasteiger partial charge in [-0.2, -0.15) is 0 Å². The smallest absolute Gasteiger partial charge is 0.224 e. The SMILES string of the molecule is Cc1cc(C)c(CC(=O)NCCCN(C)C)cc1C. The topological polar surface area (TPSA) is 32.3 Å². The lowest BCUT2D eigenvalue weighted by Crippen LogP contribution is -2.28. The first-order valence-corrected chi connectivity index (χ1v) is 6.88. The maximum Gasteiger partial charge on any atom is 0.224 e. The molecule has 0 saturated heterocycles. The van der Waals surface area contributed by atoms with Crippen LogP contribution in [-0.2, 0) is 11.2 Å². The van der Waals surface area contributed by atoms with Crippen molar-refractivity contribution in [3.63, 3.8) is 0 Å². The fourth-order valence-electron chi connectivity index (χ4n) is 2.07. The van der Waals surface area contributed by atoms with Crippen LogP contribution in [0.3, 0.4) is 0 Å². The van der Waals surface area contributed by atoms with Crippen molar-refractivity contribution >= 4 is 5.91 Å². The summed E-state index contributed by atoms with van der Waals surface area (Å²) in [4.78, 5) is 14.0. The van der Waals surface area contributed by atoms with Crippen LogP contribution in [-0.4, -0.2) is 38.0 Å². The Morgan fingerprint density at radius 1 is 1.11 bits per heavy atom. The molecule has 0 saturated carbocycles. The summed E-state index contributed by atoms with van der Waals surface area (Å²) in [7, 11) is 4.08. The van der Waals surface area contributed by atoms with Gasteiger partial charge in [-0.15, -0.1) is 0 Å². The third kappa shape index (κ3) is 5.43. The highest BCUT2D eigenvalue weighted by Gasteiger charge is 2.07. The van der Waals surface area contributed by atoms with Crippen molar-refractivity contribution in [2.24, 2.45) is 0 Å². The molecule has 0 atom stereocenters. The summed E-state index contributed by atoms with van der Waals surface area (Å²) in [6, 6.07) is 4.29. The molecule has 0 aromatic heterocycles. The van der Waals surface area contributed by atoms with Crippen molar-refractivity contribution in [2.45, 2.75) is 33.6 Å². The van der Waals surface area contributed by atoms with Gasteiger partial charge in [-0.05, 0) is 70.1 Å². The Bertz CT molecular complexity index is 439. The Hall–Kier alpha value is -1.35. The minimum Gasteiger partial charge on any atom is -0.356 e. The summed E-state index contributed by atoms with van der Waals surface area (Å²) in [6.07, 6.45) is 1.47. The Labute approximate surface area is 117 Å². The fraction of sp³-hybridized carbons (Fsp3) is 0.562. The largest absolute Gasteiger partial charge is 0.356 e. The summed E-state index contributed by atoms with van der Waals surface area (Å²) in [5.74, 6) is 0.116. The number of benzene rings is 1. The van der Waals surface area contributed by atoms with Gasteiger partial charge >= 0.3 is 0 Å². The molecule has 0 fully saturated rings. The van der Waals surface area contributed by atoms with Gasteiger partial charge in [0.2, 0.25) is 5.91 Å². The molecule has 1 rings (SSSR count). The number of hydrogen-bond donors (Lipinski definition) is 1. The average molecular weight is 262 g/mol. The zero-order chi connectivity index (χ0) is 14.4. The van der Waals surface area contributed by atoms with Crippen molar-refractivity contribution in [3.8, 4) is 0 Å². The average Bonchev–Trinajstić information content (AvgIpc) is 2.31. The van der Waals surface area contributed by atoms with Crippen LogP contribution in [0.25, 0.3) is 0 Å². The molecule has 19 heavy (non-hydrogen) atoms. The lowest BCUT2D eigenvalue weighted by atomic mass is 9.98. The van der Waals surface area contributed by atoms with Crippen molar-refractivity contribution in [1.29, 1.82) is 0 Å². The van der Waals surface area contributed by atoms with Crippen LogP contribution in [0.2, 0.25) is 0 Å². The van der Waals surface area contributed by atoms with Crippen molar-refractivity contribution < 1.29 is 4.79 Å². The Morgan fingerprint density at radius 3 is 2.37 bits per heavy atom. The number of hydrogen-bond acceptors (Lipinski definition) is 2. The summed E-state index contributed by atoms with van der Waals surface area (Å²) < 4.78 is 0. The number of nitrogens with zero attached hydrogens (tertiary/aromatic N) is 1. The standard InChI is InChI=1S/C16H26N2O/c1-12-9-14(3)15(10-13(12)2)11-16(19)17-7-6-8-18(4)5/h9-10H,6-8,11H2,1-5H3,(H,17,19). The Balaban J connectivity index is 2.46. The van der Waals surface area contributed by atoms with Gasteiger partial charge < -0.3 is 10.2 Å². The van der Waals surface area contributed by atoms with Gasteiger partial charge in [0.15, 0.2) is 0 Å². The van der Waals surface area contributed by atoms with Crippen LogP contribution in [0, 0.1) is 20.8 Å². The molecule has 1 aromatic carbocycles. The van der Waals surface area contributed by atoms with Gasteiger partial charge in [0.05, 0.1) is 6.42 Å². The molecule has 0 spiro atoms. The second kappa shape index (κ2) is 7.29. The highest BCUT2D eigenvalue weighted by atomic mass is 16.1. The van der Waals surface area contributed by atoms with Crippen molar-refractivity contribution in [2.75, 3.05) is 27.2 Å². The van der Waals surface area contributed by atoms with Gasteiger partial charge in [-0.3, -0.25) is 4.79 Å². The van der Waals surface area contributed by atoms with E-state index in [1.54, 1.807) is 0 Å². The molecule has 0 aliphatic rings. The molecule has 1 amide bonds. The van der Waals surface area contributed by atoms with E-state index in [4.69, 9.17) is 0 Å². The van der Waals surface area contributed by atoms with Crippen LogP contribution >= 0.6 is 0 Å². The van der Waals surface area contributed by atoms with Gasteiger partial charge in [0, 0.05) is 6.54 Å². The molecule has 0 bridgehead atoms. The molecular formula is C16H26N2O. The first-order chi connectivity index (χ1) is 8.90. The predicted octanol–water partition coefficient (Wildman–Crippen LogP) is 2.22. The van der Waals surface area contributed by atoms with Crippen LogP contribution in [0.1, 0.15) is 28.7 Å². The maximum atomic E-state index is 11.9. The van der Waals surface area contributed by atoms with E-state index in [-0.39, 0.29) is 5.91 Å². The first kappa shape index (κ1) is 15.7. The molecular weight excluding hydrogens is 236 g/mol. The van der Waals surface area contributed by atoms with Crippen LogP contribution in [0.15, 0.2) is 12.1 Å². The molecule has 1 aromatic rings. The minimum absolute atomic E-state index is 0.116. The van der Waals surface area contributed by atoms with E-state index in [0.29, 0.717) is 6.42 Å². The molecule has 106 valence electrons. The zero-order valence-corrected chi connectivity index (χ0v) is 12.8. The van der Waals surface area contributed by atoms with Crippen LogP contribution in [0.5, 0.6) is 0 Å². The summed E-state index contributed by atoms with van der Waals surface area (Å²) in [6.45, 7) is 8.02. The molecule has 0 aliphatic heterocycles. The number of amides is 1. The molecule has 0 unspecified atom stereocenters. The summed E-state index contributed by atoms with van der Waals surface area (Å²) >= 11 is 0. The van der Waals surface area contributed by atoms with E-state index in [1.165, 1.54) is 16.7 Å². The first-order valence-electron chi connectivity index (χ1n) is 6.88. The Morgan fingerprint density at radius 2 is 1.74 bits per heavy atom. The summed E-state index contributed by atoms with van der Waals surface area (Å²) in [5, 5.41) is 2.98. The molecule has 0 heterocycles. The van der Waals surface area contributed by atoms with E-state index in [9.17, 15) is 4.79 Å². The van der Waals surface area contributed by atoms with E-state index in [0.717, 1.165) is 25.1 Å². The monoisotopic (exact) mass is 262 g/mol. The number of carbonyl (C=O) groups is 1. The fourth-order valence-corrected chi connectivity index (χ4v) is 2.07. The van der Waals surface area contributed by atoms with E-state index < -0.39 is 0 Å². The van der Waals surface area contributed by atoms with Crippen LogP contribution < -0.4 is 5.32 Å². The zero-order valence-electron chi connectivity index (χ0n) is 12.8. The molecule has 0 aliphatic carbocycles. The number of carbonyl (C=O) groups excluding carboxylic acids is 1. The van der Waals surface area contributed by atoms with E-state index in [2.05, 4.69) is 43.1 Å². The molecule has 0 radical (unpaired) electrons. The molecule has 1 N–H and O–H groups in total. The highest BCUT2D eigenvalue weighted by Crippen LogP contribution is 2.15. The normalized spacial score (nSPS) is 10.8. The van der Waals surface area contributed by atoms with Gasteiger partial charge in [0.25, 0.3) is 0 Å². The maximum absolute atomic E-state index is 11.9. The van der Waals surface area contributed by atoms with Gasteiger partial charge in [-0.25, -0.2) is 0 Å². The second-order valence-corrected chi connectivity index (χ2v) is 5.55. The van der Waals surface area contributed by atoms with E-state index in [1.807, 2.05) is 14.1 Å². The predicted molar refractivity (Wildman–Crippen MR) is 80.5 cm³/mol. The second-order valence-electron chi connectivity index (χ2n) is 5.55. The summed E-state index contributed by atoms with van der Waals surface area (Å²) in [5.41, 5.74) is 4.87. The Kier molecular flexibility index (Phi) is 6.03. The lowest BCUT2D eigenvalue weighted by Gasteiger charge is -2.12. The highest BCUT2D eigenvalue weighted by molar-refractivity contribution is 5.79. The van der Waals surface area contributed by atoms with Gasteiger partial charge in [0.1, 0.15) is 0 Å². The number of rotatable bonds is 6. The number of aryl methyl sites for hydroxylation is 3. The molecule has 3 nitrogen and oxygen atoms in total. The van der Waals surface area contributed by atoms with Crippen molar-refractivity contribution in [1.82, 2.24) is 10.2 Å². The number of nitrogens with one attached hydrogen (secondary N) is 1. The van der Waals surface area contributed by atoms with E-state index >= 15 is 0 Å². The van der Waals surface area contributed by atoms with Crippen LogP contribution in [0.4, 0.5) is 0 Å². The van der Waals surface area contributed by atoms with Crippen molar-refractivity contribution in [3.05, 3.63) is 34.4 Å². The molecule has 3 heteroatoms. The quantitative estimate of drug-likeness (QED) is 0.797. The third-order valence-electron chi connectivity index (χ3n) is 3.41. The lowest BCUT2D eigenvalue weighted by molar-refractivity contribution is -0.120. The van der Waals surface area contributed by atoms with Gasteiger partial charge in [-0.1, -0.05) is 12.1 Å².